The molecule has 138 valence electrons. The molecule has 0 bridgehead atoms. The SMILES string of the molecule is C=C(CCCCOCC)N=N.CCNC(=O)CCCCCNC.[HH]. The van der Waals surface area contributed by atoms with Crippen LogP contribution in [0, 0.1) is 5.53 Å². The van der Waals surface area contributed by atoms with Crippen molar-refractivity contribution in [3.05, 3.63) is 12.3 Å². The van der Waals surface area contributed by atoms with Crippen LogP contribution in [0.5, 0.6) is 0 Å². The molecule has 6 nitrogen and oxygen atoms in total. The van der Waals surface area contributed by atoms with Crippen LogP contribution >= 0.6 is 0 Å². The summed E-state index contributed by atoms with van der Waals surface area (Å²) >= 11 is 0. The van der Waals surface area contributed by atoms with E-state index in [-0.39, 0.29) is 7.33 Å². The molecular weight excluding hydrogens is 292 g/mol. The van der Waals surface area contributed by atoms with E-state index >= 15 is 0 Å². The van der Waals surface area contributed by atoms with Crippen LogP contribution in [-0.4, -0.2) is 39.3 Å². The Morgan fingerprint density at radius 1 is 1.17 bits per heavy atom. The Morgan fingerprint density at radius 2 is 1.87 bits per heavy atom. The van der Waals surface area contributed by atoms with Crippen molar-refractivity contribution in [3.63, 3.8) is 0 Å². The second-order valence-corrected chi connectivity index (χ2v) is 5.20. The number of ether oxygens (including phenoxy) is 1. The van der Waals surface area contributed by atoms with Crippen LogP contribution in [0.25, 0.3) is 0 Å². The standard InChI is InChI=1S/C9H20N2O.C8H16N2O.H2/c1-3-11-9(12)7-5-4-6-8-10-2;1-3-11-7-5-4-6-8(2)10-9;/h10H,3-8H2,1-2H3,(H,11,12);9H,2-7H2,1H3;1H. The summed E-state index contributed by atoms with van der Waals surface area (Å²) < 4.78 is 5.14. The summed E-state index contributed by atoms with van der Waals surface area (Å²) in [6.07, 6.45) is 6.85. The van der Waals surface area contributed by atoms with Crippen LogP contribution in [-0.2, 0) is 9.53 Å². The van der Waals surface area contributed by atoms with Crippen molar-refractivity contribution >= 4 is 5.91 Å². The van der Waals surface area contributed by atoms with Gasteiger partial charge in [0.2, 0.25) is 5.91 Å². The number of rotatable bonds is 14. The number of nitrogens with one attached hydrogen (secondary N) is 3. The van der Waals surface area contributed by atoms with Crippen LogP contribution in [0.2, 0.25) is 0 Å². The molecule has 0 saturated heterocycles. The summed E-state index contributed by atoms with van der Waals surface area (Å²) in [5, 5.41) is 9.08. The molecule has 0 aliphatic heterocycles. The van der Waals surface area contributed by atoms with Gasteiger partial charge in [-0.25, -0.2) is 5.53 Å². The third kappa shape index (κ3) is 23.1. The van der Waals surface area contributed by atoms with Crippen LogP contribution in [0.3, 0.4) is 0 Å². The average Bonchev–Trinajstić information content (AvgIpc) is 2.55. The topological polar surface area (TPSA) is 86.6 Å². The Bertz CT molecular complexity index is 302. The highest BCUT2D eigenvalue weighted by atomic mass is 16.5. The lowest BCUT2D eigenvalue weighted by atomic mass is 10.2. The van der Waals surface area contributed by atoms with E-state index in [2.05, 4.69) is 22.3 Å². The first-order valence-corrected chi connectivity index (χ1v) is 8.66. The molecule has 0 atom stereocenters. The molecular formula is C17H38N4O2. The highest BCUT2D eigenvalue weighted by molar-refractivity contribution is 5.75. The minimum atomic E-state index is 0. The lowest BCUT2D eigenvalue weighted by molar-refractivity contribution is -0.121. The van der Waals surface area contributed by atoms with Crippen LogP contribution in [0.4, 0.5) is 0 Å². The quantitative estimate of drug-likeness (QED) is 0.333. The molecule has 0 heterocycles. The van der Waals surface area contributed by atoms with Crippen molar-refractivity contribution in [2.45, 2.75) is 58.8 Å². The van der Waals surface area contributed by atoms with Gasteiger partial charge in [-0.2, -0.15) is 5.11 Å². The van der Waals surface area contributed by atoms with Crippen LogP contribution in [0.15, 0.2) is 17.4 Å². The molecule has 0 aliphatic carbocycles. The summed E-state index contributed by atoms with van der Waals surface area (Å²) in [6.45, 7) is 10.9. The van der Waals surface area contributed by atoms with E-state index in [1.54, 1.807) is 0 Å². The first-order chi connectivity index (χ1) is 11.1. The van der Waals surface area contributed by atoms with Crippen LogP contribution in [0.1, 0.15) is 60.2 Å². The molecule has 0 saturated carbocycles. The lowest BCUT2D eigenvalue weighted by Crippen LogP contribution is -2.22. The van der Waals surface area contributed by atoms with Gasteiger partial charge in [-0.05, 0) is 59.5 Å². The van der Waals surface area contributed by atoms with Gasteiger partial charge in [0.1, 0.15) is 0 Å². The smallest absolute Gasteiger partial charge is 0.219 e. The number of nitrogens with zero attached hydrogens (tertiary/aromatic N) is 1. The highest BCUT2D eigenvalue weighted by Crippen LogP contribution is 2.05. The largest absolute Gasteiger partial charge is 0.382 e. The van der Waals surface area contributed by atoms with Crippen molar-refractivity contribution in [1.29, 1.82) is 5.53 Å². The number of hydrogen-bond donors (Lipinski definition) is 3. The first kappa shape index (κ1) is 24.0. The minimum Gasteiger partial charge on any atom is -0.382 e. The summed E-state index contributed by atoms with van der Waals surface area (Å²) in [4.78, 5) is 10.9. The lowest BCUT2D eigenvalue weighted by Gasteiger charge is -2.01. The summed E-state index contributed by atoms with van der Waals surface area (Å²) in [5.74, 6) is 0.182. The molecule has 0 radical (unpaired) electrons. The van der Waals surface area contributed by atoms with Gasteiger partial charge in [0.25, 0.3) is 0 Å². The fraction of sp³-hybridized carbons (Fsp3) is 0.824. The van der Waals surface area contributed by atoms with Crippen LogP contribution < -0.4 is 10.6 Å². The maximum absolute atomic E-state index is 10.9. The molecule has 0 aliphatic rings. The Kier molecular flexibility index (Phi) is 21.6. The zero-order chi connectivity index (χ0) is 17.8. The second kappa shape index (κ2) is 20.7. The van der Waals surface area contributed by atoms with Gasteiger partial charge in [-0.3, -0.25) is 4.79 Å². The predicted octanol–water partition coefficient (Wildman–Crippen LogP) is 3.89. The van der Waals surface area contributed by atoms with E-state index in [0.717, 1.165) is 64.8 Å². The minimum absolute atomic E-state index is 0. The van der Waals surface area contributed by atoms with Gasteiger partial charge < -0.3 is 15.4 Å². The highest BCUT2D eigenvalue weighted by Gasteiger charge is 1.97. The maximum atomic E-state index is 10.9. The van der Waals surface area contributed by atoms with Crippen molar-refractivity contribution in [2.24, 2.45) is 5.11 Å². The Morgan fingerprint density at radius 3 is 2.43 bits per heavy atom. The zero-order valence-electron chi connectivity index (χ0n) is 15.2. The van der Waals surface area contributed by atoms with E-state index in [0.29, 0.717) is 12.1 Å². The molecule has 0 aromatic heterocycles. The molecule has 0 spiro atoms. The Hall–Kier alpha value is -1.27. The van der Waals surface area contributed by atoms with Gasteiger partial charge in [-0.15, -0.1) is 0 Å². The summed E-state index contributed by atoms with van der Waals surface area (Å²) in [7, 11) is 1.95. The zero-order valence-corrected chi connectivity index (χ0v) is 15.2. The molecule has 0 aromatic carbocycles. The molecule has 3 N–H and O–H groups in total. The number of allylic oxidation sites excluding steroid dienone is 1. The normalized spacial score (nSPS) is 9.70. The number of carbonyl (C=O) groups excluding carboxylic acids is 1. The first-order valence-electron chi connectivity index (χ1n) is 8.66. The van der Waals surface area contributed by atoms with Gasteiger partial charge in [0, 0.05) is 27.6 Å². The van der Waals surface area contributed by atoms with Crippen molar-refractivity contribution < 1.29 is 11.0 Å². The van der Waals surface area contributed by atoms with Gasteiger partial charge in [0.15, 0.2) is 0 Å². The monoisotopic (exact) mass is 330 g/mol. The Balaban J connectivity index is -0.000000354. The average molecular weight is 331 g/mol. The Labute approximate surface area is 143 Å². The van der Waals surface area contributed by atoms with E-state index in [9.17, 15) is 4.79 Å². The van der Waals surface area contributed by atoms with E-state index in [1.807, 2.05) is 20.9 Å². The maximum Gasteiger partial charge on any atom is 0.219 e. The predicted molar refractivity (Wildman–Crippen MR) is 97.8 cm³/mol. The number of amides is 1. The van der Waals surface area contributed by atoms with E-state index in [4.69, 9.17) is 10.3 Å². The molecule has 0 unspecified atom stereocenters. The van der Waals surface area contributed by atoms with Gasteiger partial charge in [0.05, 0.1) is 5.70 Å². The van der Waals surface area contributed by atoms with Crippen molar-refractivity contribution in [2.75, 3.05) is 33.4 Å². The van der Waals surface area contributed by atoms with Crippen molar-refractivity contribution in [1.82, 2.24) is 10.6 Å². The number of hydrogen-bond acceptors (Lipinski definition) is 5. The molecule has 6 heteroatoms. The van der Waals surface area contributed by atoms with E-state index < -0.39 is 0 Å². The number of carbonyl (C=O) groups is 1. The van der Waals surface area contributed by atoms with E-state index in [1.165, 1.54) is 0 Å². The molecule has 1 amide bonds. The second-order valence-electron chi connectivity index (χ2n) is 5.20. The number of unbranched alkanes of at least 4 members (excludes halogenated alkanes) is 3. The molecule has 0 aromatic rings. The summed E-state index contributed by atoms with van der Waals surface area (Å²) in [6, 6.07) is 0. The third-order valence-electron chi connectivity index (χ3n) is 3.07. The fourth-order valence-corrected chi connectivity index (χ4v) is 1.78. The molecule has 0 fully saturated rings. The van der Waals surface area contributed by atoms with Gasteiger partial charge >= 0.3 is 0 Å². The van der Waals surface area contributed by atoms with Gasteiger partial charge in [-0.1, -0.05) is 13.0 Å². The van der Waals surface area contributed by atoms with Crippen molar-refractivity contribution in [3.8, 4) is 0 Å². The summed E-state index contributed by atoms with van der Waals surface area (Å²) in [5.41, 5.74) is 7.27. The molecule has 0 rings (SSSR count). The fourth-order valence-electron chi connectivity index (χ4n) is 1.78. The molecule has 23 heavy (non-hydrogen) atoms. The third-order valence-corrected chi connectivity index (χ3v) is 3.07.